The fourth-order valence-electron chi connectivity index (χ4n) is 2.70. The average Bonchev–Trinajstić information content (AvgIpc) is 2.85. The molecule has 1 aliphatic rings. The maximum Gasteiger partial charge on any atom is 0.305 e. The summed E-state index contributed by atoms with van der Waals surface area (Å²) in [6, 6.07) is 5.36. The van der Waals surface area contributed by atoms with E-state index in [1.165, 1.54) is 24.3 Å². The van der Waals surface area contributed by atoms with Gasteiger partial charge in [0.2, 0.25) is 0 Å². The maximum atomic E-state index is 12.7. The Hall–Kier alpha value is -2.11. The Morgan fingerprint density at radius 3 is 2.43 bits per heavy atom. The van der Waals surface area contributed by atoms with E-state index in [1.807, 2.05) is 0 Å². The molecule has 0 atom stereocenters. The molecule has 1 saturated carbocycles. The number of carboxylic acid groups (broad SMARTS) is 1. The van der Waals surface area contributed by atoms with Crippen LogP contribution in [0.1, 0.15) is 32.1 Å². The zero-order chi connectivity index (χ0) is 15.3. The molecule has 0 saturated heterocycles. The number of benzene rings is 1. The van der Waals surface area contributed by atoms with E-state index in [9.17, 15) is 14.0 Å². The summed E-state index contributed by atoms with van der Waals surface area (Å²) in [7, 11) is 0. The number of carbonyl (C=O) groups excluding carboxylic acids is 1. The fraction of sp³-hybridized carbons (Fsp3) is 0.467. The van der Waals surface area contributed by atoms with Gasteiger partial charge in [-0.25, -0.2) is 4.39 Å². The van der Waals surface area contributed by atoms with E-state index < -0.39 is 11.5 Å². The molecule has 1 aliphatic carbocycles. The molecule has 1 aromatic carbocycles. The molecule has 6 heteroatoms. The third-order valence-corrected chi connectivity index (χ3v) is 3.64. The van der Waals surface area contributed by atoms with Gasteiger partial charge in [0.1, 0.15) is 11.6 Å². The van der Waals surface area contributed by atoms with Gasteiger partial charge in [-0.15, -0.1) is 0 Å². The predicted molar refractivity (Wildman–Crippen MR) is 73.5 cm³/mol. The van der Waals surface area contributed by atoms with Crippen LogP contribution in [0, 0.1) is 5.82 Å². The monoisotopic (exact) mass is 295 g/mol. The number of carbonyl (C=O) groups is 2. The van der Waals surface area contributed by atoms with Crippen molar-refractivity contribution in [1.82, 2.24) is 5.32 Å². The molecule has 2 rings (SSSR count). The topological polar surface area (TPSA) is 75.6 Å². The van der Waals surface area contributed by atoms with Crippen molar-refractivity contribution in [2.75, 3.05) is 6.61 Å². The van der Waals surface area contributed by atoms with E-state index in [4.69, 9.17) is 9.84 Å². The Morgan fingerprint density at radius 2 is 1.86 bits per heavy atom. The number of hydrogen-bond acceptors (Lipinski definition) is 3. The largest absolute Gasteiger partial charge is 0.484 e. The number of carboxylic acids is 1. The number of halogens is 1. The van der Waals surface area contributed by atoms with Crippen molar-refractivity contribution >= 4 is 11.9 Å². The SMILES string of the molecule is O=C(O)CC1(NC(=O)COc2ccc(F)cc2)CCCC1. The zero-order valence-corrected chi connectivity index (χ0v) is 11.6. The fourth-order valence-corrected chi connectivity index (χ4v) is 2.70. The smallest absolute Gasteiger partial charge is 0.305 e. The van der Waals surface area contributed by atoms with Crippen molar-refractivity contribution in [3.05, 3.63) is 30.1 Å². The quantitative estimate of drug-likeness (QED) is 0.843. The van der Waals surface area contributed by atoms with Crippen molar-refractivity contribution in [3.8, 4) is 5.75 Å². The summed E-state index contributed by atoms with van der Waals surface area (Å²) in [5.41, 5.74) is -0.658. The Morgan fingerprint density at radius 1 is 1.24 bits per heavy atom. The molecule has 1 aromatic rings. The first kappa shape index (κ1) is 15.3. The Labute approximate surface area is 122 Å². The summed E-state index contributed by atoms with van der Waals surface area (Å²) in [6.45, 7) is -0.215. The molecule has 0 aliphatic heterocycles. The zero-order valence-electron chi connectivity index (χ0n) is 11.6. The standard InChI is InChI=1S/C15H18FNO4/c16-11-3-5-12(6-4-11)21-10-13(18)17-15(9-14(19)20)7-1-2-8-15/h3-6H,1-2,7-10H2,(H,17,18)(H,19,20). The lowest BCUT2D eigenvalue weighted by atomic mass is 9.93. The van der Waals surface area contributed by atoms with Gasteiger partial charge in [0.25, 0.3) is 5.91 Å². The first-order valence-electron chi connectivity index (χ1n) is 6.90. The van der Waals surface area contributed by atoms with E-state index in [-0.39, 0.29) is 24.8 Å². The van der Waals surface area contributed by atoms with Crippen LogP contribution >= 0.6 is 0 Å². The summed E-state index contributed by atoms with van der Waals surface area (Å²) in [4.78, 5) is 22.9. The molecule has 1 fully saturated rings. The van der Waals surface area contributed by atoms with Crippen molar-refractivity contribution < 1.29 is 23.8 Å². The molecule has 0 radical (unpaired) electrons. The minimum atomic E-state index is -0.920. The number of rotatable bonds is 6. The van der Waals surface area contributed by atoms with Gasteiger partial charge in [-0.05, 0) is 37.1 Å². The van der Waals surface area contributed by atoms with Crippen LogP contribution in [0.5, 0.6) is 5.75 Å². The molecule has 0 bridgehead atoms. The molecule has 5 nitrogen and oxygen atoms in total. The van der Waals surface area contributed by atoms with Crippen LogP contribution in [0.2, 0.25) is 0 Å². The predicted octanol–water partition coefficient (Wildman–Crippen LogP) is 2.11. The molecule has 1 amide bonds. The summed E-state index contributed by atoms with van der Waals surface area (Å²) < 4.78 is 18.0. The van der Waals surface area contributed by atoms with Crippen molar-refractivity contribution in [3.63, 3.8) is 0 Å². The lowest BCUT2D eigenvalue weighted by Crippen LogP contribution is -2.49. The Kier molecular flexibility index (Phi) is 4.77. The van der Waals surface area contributed by atoms with Crippen molar-refractivity contribution in [2.45, 2.75) is 37.6 Å². The van der Waals surface area contributed by atoms with Gasteiger partial charge in [-0.2, -0.15) is 0 Å². The van der Waals surface area contributed by atoms with Gasteiger partial charge in [-0.3, -0.25) is 9.59 Å². The van der Waals surface area contributed by atoms with Gasteiger partial charge in [-0.1, -0.05) is 12.8 Å². The van der Waals surface area contributed by atoms with E-state index >= 15 is 0 Å². The number of hydrogen-bond donors (Lipinski definition) is 2. The highest BCUT2D eigenvalue weighted by Gasteiger charge is 2.37. The molecule has 0 heterocycles. The number of ether oxygens (including phenoxy) is 1. The van der Waals surface area contributed by atoms with Crippen LogP contribution in [-0.2, 0) is 9.59 Å². The highest BCUT2D eigenvalue weighted by atomic mass is 19.1. The van der Waals surface area contributed by atoms with Gasteiger partial charge >= 0.3 is 5.97 Å². The Balaban J connectivity index is 1.87. The lowest BCUT2D eigenvalue weighted by Gasteiger charge is -2.28. The third-order valence-electron chi connectivity index (χ3n) is 3.64. The molecular formula is C15H18FNO4. The lowest BCUT2D eigenvalue weighted by molar-refractivity contribution is -0.139. The summed E-state index contributed by atoms with van der Waals surface area (Å²) in [5.74, 6) is -1.26. The molecule has 0 spiro atoms. The molecule has 21 heavy (non-hydrogen) atoms. The van der Waals surface area contributed by atoms with Crippen LogP contribution in [0.25, 0.3) is 0 Å². The third kappa shape index (κ3) is 4.44. The molecule has 114 valence electrons. The first-order valence-corrected chi connectivity index (χ1v) is 6.90. The van der Waals surface area contributed by atoms with E-state index in [2.05, 4.69) is 5.32 Å². The second kappa shape index (κ2) is 6.56. The molecular weight excluding hydrogens is 277 g/mol. The van der Waals surface area contributed by atoms with Gasteiger partial charge < -0.3 is 15.2 Å². The average molecular weight is 295 g/mol. The Bertz CT molecular complexity index is 509. The summed E-state index contributed by atoms with van der Waals surface area (Å²) in [5, 5.41) is 11.8. The summed E-state index contributed by atoms with van der Waals surface area (Å²) in [6.07, 6.45) is 3.08. The van der Waals surface area contributed by atoms with E-state index in [0.29, 0.717) is 18.6 Å². The second-order valence-corrected chi connectivity index (χ2v) is 5.35. The van der Waals surface area contributed by atoms with Crippen molar-refractivity contribution in [2.24, 2.45) is 0 Å². The first-order chi connectivity index (χ1) is 9.99. The molecule has 0 aromatic heterocycles. The number of aliphatic carboxylic acids is 1. The highest BCUT2D eigenvalue weighted by molar-refractivity contribution is 5.79. The van der Waals surface area contributed by atoms with E-state index in [1.54, 1.807) is 0 Å². The van der Waals surface area contributed by atoms with Gasteiger partial charge in [0.15, 0.2) is 6.61 Å². The minimum Gasteiger partial charge on any atom is -0.484 e. The highest BCUT2D eigenvalue weighted by Crippen LogP contribution is 2.32. The van der Waals surface area contributed by atoms with Crippen LogP contribution in [0.15, 0.2) is 24.3 Å². The number of nitrogens with one attached hydrogen (secondary N) is 1. The van der Waals surface area contributed by atoms with Crippen LogP contribution in [-0.4, -0.2) is 29.1 Å². The van der Waals surface area contributed by atoms with Gasteiger partial charge in [0.05, 0.1) is 12.0 Å². The van der Waals surface area contributed by atoms with Crippen LogP contribution < -0.4 is 10.1 Å². The maximum absolute atomic E-state index is 12.7. The number of amides is 1. The van der Waals surface area contributed by atoms with Gasteiger partial charge in [0, 0.05) is 0 Å². The minimum absolute atomic E-state index is 0.0741. The van der Waals surface area contributed by atoms with Crippen molar-refractivity contribution in [1.29, 1.82) is 0 Å². The van der Waals surface area contributed by atoms with Crippen LogP contribution in [0.3, 0.4) is 0 Å². The van der Waals surface area contributed by atoms with E-state index in [0.717, 1.165) is 12.8 Å². The molecule has 2 N–H and O–H groups in total. The van der Waals surface area contributed by atoms with Crippen LogP contribution in [0.4, 0.5) is 4.39 Å². The summed E-state index contributed by atoms with van der Waals surface area (Å²) >= 11 is 0. The molecule has 0 unspecified atom stereocenters. The normalized spacial score (nSPS) is 16.4. The second-order valence-electron chi connectivity index (χ2n) is 5.35.